The number of esters is 1. The van der Waals surface area contributed by atoms with E-state index in [1.54, 1.807) is 18.7 Å². The Morgan fingerprint density at radius 1 is 0.911 bits per heavy atom. The van der Waals surface area contributed by atoms with Crippen molar-refractivity contribution in [1.29, 1.82) is 0 Å². The van der Waals surface area contributed by atoms with Crippen LogP contribution in [0.5, 0.6) is 0 Å². The Morgan fingerprint density at radius 2 is 1.49 bits per heavy atom. The van der Waals surface area contributed by atoms with E-state index in [4.69, 9.17) is 18.5 Å². The first-order chi connectivity index (χ1) is 21.7. The highest BCUT2D eigenvalue weighted by molar-refractivity contribution is 8.03. The number of phosphoric acid groups is 1. The topological polar surface area (TPSA) is 94.5 Å². The molecule has 0 saturated heterocycles. The fraction of sp³-hybridized carbons (Fsp3) is 0.743. The molecule has 10 heteroatoms. The maximum absolute atomic E-state index is 12.6. The van der Waals surface area contributed by atoms with Crippen molar-refractivity contribution in [3.8, 4) is 0 Å². The van der Waals surface area contributed by atoms with E-state index in [1.807, 2.05) is 18.2 Å². The Hall–Kier alpha value is -1.35. The lowest BCUT2D eigenvalue weighted by atomic mass is 10.0. The van der Waals surface area contributed by atoms with E-state index in [2.05, 4.69) is 30.9 Å². The van der Waals surface area contributed by atoms with Crippen LogP contribution in [0, 0.1) is 0 Å². The monoisotopic (exact) mass is 669 g/mol. The number of carbonyl (C=O) groups is 1. The second kappa shape index (κ2) is 23.9. The zero-order valence-electron chi connectivity index (χ0n) is 28.4. The number of rotatable bonds is 27. The lowest BCUT2D eigenvalue weighted by Crippen LogP contribution is -2.35. The summed E-state index contributed by atoms with van der Waals surface area (Å²) in [5, 5.41) is 0. The van der Waals surface area contributed by atoms with Crippen LogP contribution in [-0.2, 0) is 34.4 Å². The fourth-order valence-electron chi connectivity index (χ4n) is 5.36. The molecule has 1 N–H and O–H groups in total. The maximum Gasteiger partial charge on any atom is 0.472 e. The van der Waals surface area contributed by atoms with Gasteiger partial charge in [-0.05, 0) is 25.8 Å². The number of carbonyl (C=O) groups excluding carboxylic acids is 1. The molecule has 45 heavy (non-hydrogen) atoms. The van der Waals surface area contributed by atoms with Crippen molar-refractivity contribution >= 4 is 25.6 Å². The van der Waals surface area contributed by atoms with Crippen LogP contribution in [-0.4, -0.2) is 53.7 Å². The third-order valence-electron chi connectivity index (χ3n) is 8.19. The van der Waals surface area contributed by atoms with Gasteiger partial charge in [0.05, 0.1) is 25.2 Å². The van der Waals surface area contributed by atoms with Crippen LogP contribution < -0.4 is 0 Å². The number of unbranched alkanes of at least 4 members (excludes halogenated alkanes) is 13. The highest BCUT2D eigenvalue weighted by atomic mass is 32.2. The molecule has 3 unspecified atom stereocenters. The molecule has 1 aromatic rings. The summed E-state index contributed by atoms with van der Waals surface area (Å²) in [6.07, 6.45) is 17.3. The number of thioether (sulfide) groups is 1. The molecule has 0 aromatic heterocycles. The summed E-state index contributed by atoms with van der Waals surface area (Å²) < 4.78 is 34.3. The molecule has 1 aromatic carbocycles. The lowest BCUT2D eigenvalue weighted by molar-refractivity contribution is -0.157. The van der Waals surface area contributed by atoms with Crippen LogP contribution in [0.1, 0.15) is 130 Å². The minimum Gasteiger partial charge on any atom is -0.457 e. The summed E-state index contributed by atoms with van der Waals surface area (Å²) in [7, 11) is -4.33. The minimum atomic E-state index is -4.33. The Balaban J connectivity index is 1.58. The Labute approximate surface area is 277 Å². The molecule has 258 valence electrons. The molecule has 3 atom stereocenters. The number of nitrogens with zero attached hydrogens (tertiary/aromatic N) is 1. The number of ether oxygens (including phenoxy) is 2. The molecule has 0 saturated carbocycles. The maximum atomic E-state index is 12.6. The van der Waals surface area contributed by atoms with E-state index in [-0.39, 0.29) is 13.2 Å². The van der Waals surface area contributed by atoms with Gasteiger partial charge in [0, 0.05) is 37.1 Å². The lowest BCUT2D eigenvalue weighted by Gasteiger charge is -2.24. The van der Waals surface area contributed by atoms with Gasteiger partial charge in [0.2, 0.25) is 0 Å². The predicted octanol–water partition coefficient (Wildman–Crippen LogP) is 9.77. The minimum absolute atomic E-state index is 0.0516. The zero-order valence-corrected chi connectivity index (χ0v) is 30.1. The van der Waals surface area contributed by atoms with Gasteiger partial charge in [-0.2, -0.15) is 0 Å². The average Bonchev–Trinajstić information content (AvgIpc) is 3.35. The Bertz CT molecular complexity index is 1010. The summed E-state index contributed by atoms with van der Waals surface area (Å²) in [5.74, 6) is 0.343. The summed E-state index contributed by atoms with van der Waals surface area (Å²) in [5.41, 5.74) is 2.39. The van der Waals surface area contributed by atoms with Crippen molar-refractivity contribution in [3.63, 3.8) is 0 Å². The van der Waals surface area contributed by atoms with Gasteiger partial charge in [-0.1, -0.05) is 121 Å². The standard InChI is InChI=1S/C35H60NO7PS/c1-5-6-7-8-9-10-11-12-13-14-15-16-17-21-25-40-31(3)34(43-32(4)37)28-42-44(38,39)41-26-24-35-30(2)36(29-45-35)27-33-22-19-18-20-23-33/h18-20,22-23,31,34H,5-17,21,24-29H2,1-4H3,(H,38,39). The van der Waals surface area contributed by atoms with Crippen molar-refractivity contribution in [3.05, 3.63) is 46.5 Å². The average molecular weight is 670 g/mol. The molecule has 0 radical (unpaired) electrons. The molecule has 0 bridgehead atoms. The fourth-order valence-corrected chi connectivity index (χ4v) is 7.26. The van der Waals surface area contributed by atoms with Crippen molar-refractivity contribution in [2.24, 2.45) is 0 Å². The molecule has 2 rings (SSSR count). The normalized spacial score (nSPS) is 16.2. The number of hydrogen-bond acceptors (Lipinski definition) is 8. The van der Waals surface area contributed by atoms with Gasteiger partial charge in [-0.3, -0.25) is 13.8 Å². The van der Waals surface area contributed by atoms with Gasteiger partial charge >= 0.3 is 13.8 Å². The van der Waals surface area contributed by atoms with E-state index in [1.165, 1.54) is 89.5 Å². The molecule has 8 nitrogen and oxygen atoms in total. The molecule has 1 aliphatic heterocycles. The first-order valence-electron chi connectivity index (χ1n) is 17.2. The summed E-state index contributed by atoms with van der Waals surface area (Å²) in [6, 6.07) is 10.3. The van der Waals surface area contributed by atoms with Gasteiger partial charge in [0.15, 0.2) is 6.10 Å². The molecule has 1 aliphatic rings. The first-order valence-corrected chi connectivity index (χ1v) is 19.7. The molecule has 0 amide bonds. The van der Waals surface area contributed by atoms with Gasteiger partial charge in [-0.25, -0.2) is 4.57 Å². The van der Waals surface area contributed by atoms with E-state index in [0.29, 0.717) is 13.0 Å². The molecule has 0 aliphatic carbocycles. The van der Waals surface area contributed by atoms with Crippen molar-refractivity contribution in [1.82, 2.24) is 4.90 Å². The van der Waals surface area contributed by atoms with Gasteiger partial charge in [0.1, 0.15) is 0 Å². The van der Waals surface area contributed by atoms with Crippen LogP contribution in [0.3, 0.4) is 0 Å². The largest absolute Gasteiger partial charge is 0.472 e. The SMILES string of the molecule is CCCCCCCCCCCCCCCCOC(C)C(COP(=O)(O)OCCC1=C(C)N(Cc2ccccc2)CS1)OC(C)=O. The number of hydrogen-bond donors (Lipinski definition) is 1. The second-order valence-corrected chi connectivity index (χ2v) is 14.6. The summed E-state index contributed by atoms with van der Waals surface area (Å²) in [4.78, 5) is 25.4. The highest BCUT2D eigenvalue weighted by Crippen LogP contribution is 2.45. The molecular weight excluding hydrogens is 609 g/mol. The van der Waals surface area contributed by atoms with Crippen LogP contribution in [0.4, 0.5) is 0 Å². The third-order valence-corrected chi connectivity index (χ3v) is 10.5. The van der Waals surface area contributed by atoms with Gasteiger partial charge in [0.25, 0.3) is 0 Å². The third kappa shape index (κ3) is 18.5. The van der Waals surface area contributed by atoms with Crippen LogP contribution in [0.15, 0.2) is 40.9 Å². The summed E-state index contributed by atoms with van der Waals surface area (Å²) >= 11 is 1.72. The first kappa shape index (κ1) is 39.8. The van der Waals surface area contributed by atoms with E-state index < -0.39 is 26.0 Å². The quantitative estimate of drug-likeness (QED) is 0.0558. The second-order valence-electron chi connectivity index (χ2n) is 12.1. The van der Waals surface area contributed by atoms with Gasteiger partial charge < -0.3 is 19.3 Å². The van der Waals surface area contributed by atoms with Crippen LogP contribution in [0.2, 0.25) is 0 Å². The van der Waals surface area contributed by atoms with Crippen molar-refractivity contribution < 1.29 is 32.8 Å². The van der Waals surface area contributed by atoms with E-state index >= 15 is 0 Å². The number of phosphoric ester groups is 1. The summed E-state index contributed by atoms with van der Waals surface area (Å²) in [6.45, 7) is 8.55. The van der Waals surface area contributed by atoms with Crippen molar-refractivity contribution in [2.75, 3.05) is 25.7 Å². The van der Waals surface area contributed by atoms with Gasteiger partial charge in [-0.15, -0.1) is 11.8 Å². The van der Waals surface area contributed by atoms with E-state index in [0.717, 1.165) is 35.9 Å². The van der Waals surface area contributed by atoms with Crippen molar-refractivity contribution in [2.45, 2.75) is 143 Å². The zero-order chi connectivity index (χ0) is 32.8. The molecule has 1 heterocycles. The smallest absolute Gasteiger partial charge is 0.457 e. The van der Waals surface area contributed by atoms with E-state index in [9.17, 15) is 14.3 Å². The Kier molecular flexibility index (Phi) is 21.1. The molecular formula is C35H60NO7PS. The van der Waals surface area contributed by atoms with Crippen LogP contribution in [0.25, 0.3) is 0 Å². The number of allylic oxidation sites excluding steroid dienone is 1. The van der Waals surface area contributed by atoms with Crippen LogP contribution >= 0.6 is 19.6 Å². The molecule has 0 fully saturated rings. The Morgan fingerprint density at radius 3 is 2.07 bits per heavy atom. The predicted molar refractivity (Wildman–Crippen MR) is 185 cm³/mol. The number of benzene rings is 1. The molecule has 0 spiro atoms. The highest BCUT2D eigenvalue weighted by Gasteiger charge is 2.29.